The first-order valence-electron chi connectivity index (χ1n) is 6.92. The molecule has 0 saturated heterocycles. The van der Waals surface area contributed by atoms with Crippen LogP contribution in [-0.2, 0) is 0 Å². The van der Waals surface area contributed by atoms with Gasteiger partial charge in [-0.25, -0.2) is 4.79 Å². The second-order valence-electron chi connectivity index (χ2n) is 4.67. The molecular weight excluding hydrogens is 254 g/mol. The predicted octanol–water partition coefficient (Wildman–Crippen LogP) is 2.66. The smallest absolute Gasteiger partial charge is 0.319 e. The van der Waals surface area contributed by atoms with E-state index in [4.69, 9.17) is 0 Å². The molecule has 0 radical (unpaired) electrons. The summed E-state index contributed by atoms with van der Waals surface area (Å²) in [5.74, 6) is -0.161. The molecule has 5 nitrogen and oxygen atoms in total. The molecule has 20 heavy (non-hydrogen) atoms. The lowest BCUT2D eigenvalue weighted by Gasteiger charge is -2.17. The van der Waals surface area contributed by atoms with E-state index in [2.05, 4.69) is 16.0 Å². The lowest BCUT2D eigenvalue weighted by Crippen LogP contribution is -2.37. The number of carbonyl (C=O) groups is 2. The van der Waals surface area contributed by atoms with Crippen molar-refractivity contribution in [3.05, 3.63) is 29.3 Å². The van der Waals surface area contributed by atoms with Gasteiger partial charge in [-0.15, -0.1) is 0 Å². The Morgan fingerprint density at radius 2 is 1.85 bits per heavy atom. The van der Waals surface area contributed by atoms with Gasteiger partial charge in [0.2, 0.25) is 0 Å². The van der Waals surface area contributed by atoms with Crippen molar-refractivity contribution in [3.63, 3.8) is 0 Å². The molecule has 0 unspecified atom stereocenters. The third kappa shape index (κ3) is 3.98. The average Bonchev–Trinajstić information content (AvgIpc) is 2.46. The summed E-state index contributed by atoms with van der Waals surface area (Å²) >= 11 is 0. The van der Waals surface area contributed by atoms with Gasteiger partial charge in [-0.05, 0) is 37.5 Å². The topological polar surface area (TPSA) is 70.2 Å². The Balaban J connectivity index is 2.83. The van der Waals surface area contributed by atoms with Crippen molar-refractivity contribution < 1.29 is 9.59 Å². The zero-order valence-electron chi connectivity index (χ0n) is 12.5. The van der Waals surface area contributed by atoms with Crippen LogP contribution in [0, 0.1) is 6.92 Å². The van der Waals surface area contributed by atoms with Crippen molar-refractivity contribution in [2.75, 3.05) is 12.4 Å². The minimum atomic E-state index is -0.240. The van der Waals surface area contributed by atoms with Crippen LogP contribution < -0.4 is 16.0 Å². The first-order chi connectivity index (χ1) is 9.53. The zero-order chi connectivity index (χ0) is 15.1. The summed E-state index contributed by atoms with van der Waals surface area (Å²) in [4.78, 5) is 23.6. The molecule has 0 aliphatic carbocycles. The van der Waals surface area contributed by atoms with Crippen LogP contribution in [0.25, 0.3) is 0 Å². The second kappa shape index (κ2) is 7.53. The molecular formula is C15H23N3O2. The number of urea groups is 1. The highest BCUT2D eigenvalue weighted by Gasteiger charge is 2.13. The number of rotatable bonds is 5. The van der Waals surface area contributed by atoms with Crippen LogP contribution in [0.4, 0.5) is 10.5 Å². The standard InChI is InChI=1S/C15H23N3O2/c1-5-11(6-2)17-15(20)18-13-9-7-8-12(10(13)3)14(19)16-4/h7-9,11H,5-6H2,1-4H3,(H,16,19)(H2,17,18,20). The number of amides is 3. The highest BCUT2D eigenvalue weighted by Crippen LogP contribution is 2.18. The molecule has 3 amide bonds. The molecule has 3 N–H and O–H groups in total. The predicted molar refractivity (Wildman–Crippen MR) is 81.1 cm³/mol. The largest absolute Gasteiger partial charge is 0.355 e. The lowest BCUT2D eigenvalue weighted by atomic mass is 10.1. The van der Waals surface area contributed by atoms with Gasteiger partial charge in [0.15, 0.2) is 0 Å². The summed E-state index contributed by atoms with van der Waals surface area (Å²) in [6, 6.07) is 5.20. The van der Waals surface area contributed by atoms with Crippen molar-refractivity contribution in [3.8, 4) is 0 Å². The van der Waals surface area contributed by atoms with E-state index in [1.165, 1.54) is 0 Å². The maximum absolute atomic E-state index is 11.9. The van der Waals surface area contributed by atoms with Crippen LogP contribution in [0.5, 0.6) is 0 Å². The summed E-state index contributed by atoms with van der Waals surface area (Å²) in [5, 5.41) is 8.29. The Bertz CT molecular complexity index is 482. The Morgan fingerprint density at radius 3 is 2.40 bits per heavy atom. The lowest BCUT2D eigenvalue weighted by molar-refractivity contribution is 0.0962. The highest BCUT2D eigenvalue weighted by molar-refractivity contribution is 5.98. The number of benzene rings is 1. The maximum Gasteiger partial charge on any atom is 0.319 e. The number of hydrogen-bond acceptors (Lipinski definition) is 2. The normalized spacial score (nSPS) is 10.2. The third-order valence-corrected chi connectivity index (χ3v) is 3.37. The minimum absolute atomic E-state index is 0.161. The van der Waals surface area contributed by atoms with Gasteiger partial charge in [-0.3, -0.25) is 4.79 Å². The van der Waals surface area contributed by atoms with Crippen LogP contribution >= 0.6 is 0 Å². The Kier molecular flexibility index (Phi) is 6.03. The fraction of sp³-hybridized carbons (Fsp3) is 0.467. The van der Waals surface area contributed by atoms with E-state index < -0.39 is 0 Å². The van der Waals surface area contributed by atoms with Crippen LogP contribution in [-0.4, -0.2) is 25.0 Å². The van der Waals surface area contributed by atoms with Crippen molar-refractivity contribution in [2.45, 2.75) is 39.7 Å². The Morgan fingerprint density at radius 1 is 1.20 bits per heavy atom. The molecule has 0 aliphatic heterocycles. The van der Waals surface area contributed by atoms with E-state index in [9.17, 15) is 9.59 Å². The van der Waals surface area contributed by atoms with E-state index in [-0.39, 0.29) is 18.0 Å². The number of anilines is 1. The third-order valence-electron chi connectivity index (χ3n) is 3.37. The van der Waals surface area contributed by atoms with Crippen molar-refractivity contribution >= 4 is 17.6 Å². The molecule has 0 aliphatic rings. The van der Waals surface area contributed by atoms with Gasteiger partial charge in [0.1, 0.15) is 0 Å². The Hall–Kier alpha value is -2.04. The van der Waals surface area contributed by atoms with Gasteiger partial charge >= 0.3 is 6.03 Å². The summed E-state index contributed by atoms with van der Waals surface area (Å²) in [6.07, 6.45) is 1.78. The summed E-state index contributed by atoms with van der Waals surface area (Å²) in [7, 11) is 1.58. The molecule has 1 aromatic carbocycles. The Labute approximate surface area is 120 Å². The quantitative estimate of drug-likeness (QED) is 0.774. The van der Waals surface area contributed by atoms with E-state index in [0.717, 1.165) is 18.4 Å². The van der Waals surface area contributed by atoms with Gasteiger partial charge in [-0.1, -0.05) is 19.9 Å². The molecule has 1 rings (SSSR count). The van der Waals surface area contributed by atoms with Crippen LogP contribution in [0.1, 0.15) is 42.6 Å². The molecule has 0 heterocycles. The van der Waals surface area contributed by atoms with Crippen LogP contribution in [0.3, 0.4) is 0 Å². The first-order valence-corrected chi connectivity index (χ1v) is 6.92. The monoisotopic (exact) mass is 277 g/mol. The van der Waals surface area contributed by atoms with Crippen LogP contribution in [0.15, 0.2) is 18.2 Å². The fourth-order valence-electron chi connectivity index (χ4n) is 1.99. The van der Waals surface area contributed by atoms with Crippen molar-refractivity contribution in [1.29, 1.82) is 0 Å². The molecule has 0 spiro atoms. The molecule has 0 atom stereocenters. The highest BCUT2D eigenvalue weighted by atomic mass is 16.2. The number of carbonyl (C=O) groups excluding carboxylic acids is 2. The summed E-state index contributed by atoms with van der Waals surface area (Å²) in [6.45, 7) is 5.88. The molecule has 5 heteroatoms. The maximum atomic E-state index is 11.9. The average molecular weight is 277 g/mol. The molecule has 1 aromatic rings. The zero-order valence-corrected chi connectivity index (χ0v) is 12.5. The van der Waals surface area contributed by atoms with E-state index >= 15 is 0 Å². The van der Waals surface area contributed by atoms with Gasteiger partial charge in [0.25, 0.3) is 5.91 Å². The number of hydrogen-bond donors (Lipinski definition) is 3. The van der Waals surface area contributed by atoms with Crippen molar-refractivity contribution in [1.82, 2.24) is 10.6 Å². The molecule has 0 bridgehead atoms. The van der Waals surface area contributed by atoms with Crippen LogP contribution in [0.2, 0.25) is 0 Å². The number of nitrogens with one attached hydrogen (secondary N) is 3. The molecule has 0 fully saturated rings. The van der Waals surface area contributed by atoms with E-state index in [0.29, 0.717) is 11.3 Å². The SMILES string of the molecule is CCC(CC)NC(=O)Nc1cccc(C(=O)NC)c1C. The van der Waals surface area contributed by atoms with Gasteiger partial charge < -0.3 is 16.0 Å². The second-order valence-corrected chi connectivity index (χ2v) is 4.67. The summed E-state index contributed by atoms with van der Waals surface area (Å²) < 4.78 is 0. The minimum Gasteiger partial charge on any atom is -0.355 e. The summed E-state index contributed by atoms with van der Waals surface area (Å²) in [5.41, 5.74) is 1.97. The molecule has 0 saturated carbocycles. The first kappa shape index (κ1) is 16.0. The molecule has 0 aromatic heterocycles. The van der Waals surface area contributed by atoms with Gasteiger partial charge in [0.05, 0.1) is 0 Å². The van der Waals surface area contributed by atoms with Crippen molar-refractivity contribution in [2.24, 2.45) is 0 Å². The van der Waals surface area contributed by atoms with Gasteiger partial charge in [0, 0.05) is 24.3 Å². The van der Waals surface area contributed by atoms with E-state index in [1.807, 2.05) is 20.8 Å². The fourth-order valence-corrected chi connectivity index (χ4v) is 1.99. The molecule has 110 valence electrons. The van der Waals surface area contributed by atoms with Gasteiger partial charge in [-0.2, -0.15) is 0 Å². The van der Waals surface area contributed by atoms with E-state index in [1.54, 1.807) is 25.2 Å².